The summed E-state index contributed by atoms with van der Waals surface area (Å²) in [6.45, 7) is 5.74. The van der Waals surface area contributed by atoms with Gasteiger partial charge in [-0.05, 0) is 19.9 Å². The summed E-state index contributed by atoms with van der Waals surface area (Å²) in [5.74, 6) is -0.473. The predicted octanol–water partition coefficient (Wildman–Crippen LogP) is 0.520. The third-order valence-electron chi connectivity index (χ3n) is 4.78. The molecule has 1 fully saturated rings. The molecule has 2 amide bonds. The van der Waals surface area contributed by atoms with Crippen LogP contribution in [0.15, 0.2) is 33.9 Å². The van der Waals surface area contributed by atoms with Gasteiger partial charge in [0.15, 0.2) is 0 Å². The molecule has 1 aliphatic heterocycles. The first kappa shape index (κ1) is 19.1. The Labute approximate surface area is 169 Å². The van der Waals surface area contributed by atoms with E-state index in [2.05, 4.69) is 20.3 Å². The van der Waals surface area contributed by atoms with E-state index in [1.807, 2.05) is 6.92 Å². The Morgan fingerprint density at radius 1 is 1.28 bits per heavy atom. The van der Waals surface area contributed by atoms with Gasteiger partial charge in [-0.1, -0.05) is 11.3 Å². The highest BCUT2D eigenvalue weighted by atomic mass is 32.1. The highest BCUT2D eigenvalue weighted by molar-refractivity contribution is 7.20. The molecule has 11 heteroatoms. The molecule has 1 unspecified atom stereocenters. The summed E-state index contributed by atoms with van der Waals surface area (Å²) in [5, 5.41) is 8.00. The number of rotatable bonds is 4. The van der Waals surface area contributed by atoms with E-state index in [0.29, 0.717) is 36.7 Å². The molecule has 4 rings (SSSR count). The number of hydrogen-bond acceptors (Lipinski definition) is 8. The molecule has 0 bridgehead atoms. The molecule has 0 saturated carbocycles. The summed E-state index contributed by atoms with van der Waals surface area (Å²) in [6.07, 6.45) is 2.75. The maximum Gasteiger partial charge on any atom is 0.274 e. The minimum absolute atomic E-state index is 0.131. The number of hydrogen-bond donors (Lipinski definition) is 1. The van der Waals surface area contributed by atoms with Crippen molar-refractivity contribution in [2.45, 2.75) is 19.9 Å². The van der Waals surface area contributed by atoms with Gasteiger partial charge in [0.05, 0.1) is 11.8 Å². The molecular weight excluding hydrogens is 396 g/mol. The van der Waals surface area contributed by atoms with Crippen molar-refractivity contribution in [2.24, 2.45) is 0 Å². The number of amides is 2. The highest BCUT2D eigenvalue weighted by Crippen LogP contribution is 2.23. The van der Waals surface area contributed by atoms with E-state index in [9.17, 15) is 14.4 Å². The maximum absolute atomic E-state index is 12.7. The summed E-state index contributed by atoms with van der Waals surface area (Å²) in [7, 11) is 0. The molecule has 1 atom stereocenters. The lowest BCUT2D eigenvalue weighted by Crippen LogP contribution is -2.54. The lowest BCUT2D eigenvalue weighted by molar-refractivity contribution is -0.133. The zero-order valence-corrected chi connectivity index (χ0v) is 16.8. The molecule has 4 heterocycles. The second-order valence-electron chi connectivity index (χ2n) is 6.83. The Kier molecular flexibility index (Phi) is 5.05. The van der Waals surface area contributed by atoms with Crippen LogP contribution in [0.25, 0.3) is 4.96 Å². The number of fused-ring (bicyclic) bond motifs is 1. The van der Waals surface area contributed by atoms with Crippen LogP contribution in [0.1, 0.15) is 23.0 Å². The molecule has 1 aliphatic rings. The monoisotopic (exact) mass is 416 g/mol. The van der Waals surface area contributed by atoms with E-state index < -0.39 is 6.04 Å². The van der Waals surface area contributed by atoms with E-state index in [-0.39, 0.29) is 17.4 Å². The molecule has 3 aromatic rings. The third-order valence-corrected chi connectivity index (χ3v) is 5.75. The molecule has 10 nitrogen and oxygen atoms in total. The first-order chi connectivity index (χ1) is 13.9. The van der Waals surface area contributed by atoms with Gasteiger partial charge in [-0.15, -0.1) is 5.10 Å². The number of carbonyl (C=O) groups is 2. The first-order valence-corrected chi connectivity index (χ1v) is 9.98. The van der Waals surface area contributed by atoms with Gasteiger partial charge in [-0.25, -0.2) is 4.52 Å². The van der Waals surface area contributed by atoms with Crippen molar-refractivity contribution in [1.29, 1.82) is 0 Å². The van der Waals surface area contributed by atoms with Gasteiger partial charge < -0.3 is 19.5 Å². The molecule has 1 N–H and O–H groups in total. The number of aromatic nitrogens is 3. The second kappa shape index (κ2) is 7.66. The largest absolute Gasteiger partial charge is 0.472 e. The SMILES string of the molecule is Cc1cc(=O)nc2sc(N3CCN(C(=O)C(C)NC(=O)c4ccoc4)CC3)nn12. The lowest BCUT2D eigenvalue weighted by atomic mass is 10.2. The number of carbonyl (C=O) groups excluding carboxylic acids is 2. The van der Waals surface area contributed by atoms with Crippen molar-refractivity contribution in [1.82, 2.24) is 24.8 Å². The topological polar surface area (TPSA) is 113 Å². The molecule has 0 aromatic carbocycles. The van der Waals surface area contributed by atoms with Gasteiger partial charge in [0.2, 0.25) is 16.0 Å². The molecule has 0 radical (unpaired) electrons. The van der Waals surface area contributed by atoms with Crippen LogP contribution in [-0.2, 0) is 4.79 Å². The molecule has 0 aliphatic carbocycles. The number of piperazine rings is 1. The summed E-state index contributed by atoms with van der Waals surface area (Å²) >= 11 is 1.35. The Morgan fingerprint density at radius 3 is 2.72 bits per heavy atom. The molecular formula is C18H20N6O4S. The quantitative estimate of drug-likeness (QED) is 0.660. The van der Waals surface area contributed by atoms with E-state index in [4.69, 9.17) is 4.42 Å². The molecule has 29 heavy (non-hydrogen) atoms. The fourth-order valence-corrected chi connectivity index (χ4v) is 4.20. The Bertz CT molecular complexity index is 1100. The van der Waals surface area contributed by atoms with Crippen molar-refractivity contribution in [3.63, 3.8) is 0 Å². The minimum atomic E-state index is -0.635. The normalized spacial score (nSPS) is 15.5. The number of aryl methyl sites for hydroxylation is 1. The average molecular weight is 416 g/mol. The van der Waals surface area contributed by atoms with Gasteiger partial charge >= 0.3 is 0 Å². The van der Waals surface area contributed by atoms with Gasteiger partial charge in [0.1, 0.15) is 12.3 Å². The summed E-state index contributed by atoms with van der Waals surface area (Å²) < 4.78 is 6.55. The Hall–Kier alpha value is -3.21. The number of nitrogens with one attached hydrogen (secondary N) is 1. The fraction of sp³-hybridized carbons (Fsp3) is 0.389. The summed E-state index contributed by atoms with van der Waals surface area (Å²) in [4.78, 5) is 44.7. The van der Waals surface area contributed by atoms with Crippen LogP contribution in [0.4, 0.5) is 5.13 Å². The number of anilines is 1. The van der Waals surface area contributed by atoms with Crippen molar-refractivity contribution in [2.75, 3.05) is 31.1 Å². The van der Waals surface area contributed by atoms with Gasteiger partial charge in [0.25, 0.3) is 11.5 Å². The van der Waals surface area contributed by atoms with E-state index >= 15 is 0 Å². The van der Waals surface area contributed by atoms with Crippen molar-refractivity contribution >= 4 is 33.2 Å². The Balaban J connectivity index is 1.37. The standard InChI is InChI=1S/C18H20N6O4S/c1-11-9-14(25)20-17-24(11)21-18(29-17)23-6-4-22(5-7-23)16(27)12(2)19-15(26)13-3-8-28-10-13/h3,8-10,12H,4-7H2,1-2H3,(H,19,26). The van der Waals surface area contributed by atoms with Crippen LogP contribution in [-0.4, -0.2) is 63.5 Å². The van der Waals surface area contributed by atoms with Crippen LogP contribution in [0, 0.1) is 6.92 Å². The van der Waals surface area contributed by atoms with Crippen LogP contribution in [0.3, 0.4) is 0 Å². The van der Waals surface area contributed by atoms with Gasteiger partial charge in [-0.2, -0.15) is 4.98 Å². The molecule has 0 spiro atoms. The fourth-order valence-electron chi connectivity index (χ4n) is 3.20. The van der Waals surface area contributed by atoms with E-state index in [1.165, 1.54) is 29.9 Å². The van der Waals surface area contributed by atoms with Crippen molar-refractivity contribution < 1.29 is 14.0 Å². The van der Waals surface area contributed by atoms with Crippen LogP contribution < -0.4 is 15.8 Å². The lowest BCUT2D eigenvalue weighted by Gasteiger charge is -2.35. The number of nitrogens with zero attached hydrogens (tertiary/aromatic N) is 5. The van der Waals surface area contributed by atoms with Crippen LogP contribution >= 0.6 is 11.3 Å². The van der Waals surface area contributed by atoms with Crippen molar-refractivity contribution in [3.05, 3.63) is 46.3 Å². The van der Waals surface area contributed by atoms with Gasteiger partial charge in [-0.3, -0.25) is 14.4 Å². The smallest absolute Gasteiger partial charge is 0.274 e. The highest BCUT2D eigenvalue weighted by Gasteiger charge is 2.27. The summed E-state index contributed by atoms with van der Waals surface area (Å²) in [6, 6.07) is 2.37. The van der Waals surface area contributed by atoms with Gasteiger partial charge in [0, 0.05) is 37.9 Å². The number of furan rings is 1. The average Bonchev–Trinajstić information content (AvgIpc) is 3.37. The van der Waals surface area contributed by atoms with Crippen LogP contribution in [0.5, 0.6) is 0 Å². The van der Waals surface area contributed by atoms with Crippen molar-refractivity contribution in [3.8, 4) is 0 Å². The maximum atomic E-state index is 12.7. The zero-order valence-electron chi connectivity index (χ0n) is 16.0. The minimum Gasteiger partial charge on any atom is -0.472 e. The predicted molar refractivity (Wildman–Crippen MR) is 106 cm³/mol. The molecule has 3 aromatic heterocycles. The van der Waals surface area contributed by atoms with E-state index in [1.54, 1.807) is 22.4 Å². The van der Waals surface area contributed by atoms with E-state index in [0.717, 1.165) is 10.8 Å². The van der Waals surface area contributed by atoms with Crippen LogP contribution in [0.2, 0.25) is 0 Å². The first-order valence-electron chi connectivity index (χ1n) is 9.16. The third kappa shape index (κ3) is 3.86. The second-order valence-corrected chi connectivity index (χ2v) is 7.77. The Morgan fingerprint density at radius 2 is 2.03 bits per heavy atom. The molecule has 152 valence electrons. The summed E-state index contributed by atoms with van der Waals surface area (Å²) in [5.41, 5.74) is 0.839. The zero-order chi connectivity index (χ0) is 20.5. The molecule has 1 saturated heterocycles.